The Bertz CT molecular complexity index is 1090. The van der Waals surface area contributed by atoms with Crippen LogP contribution in [0.5, 0.6) is 0 Å². The Hall–Kier alpha value is -2.68. The third-order valence-corrected chi connectivity index (χ3v) is 4.92. The van der Waals surface area contributed by atoms with Gasteiger partial charge in [-0.2, -0.15) is 0 Å². The van der Waals surface area contributed by atoms with Gasteiger partial charge in [0.15, 0.2) is 10.9 Å². The van der Waals surface area contributed by atoms with Crippen LogP contribution in [0.3, 0.4) is 0 Å². The Morgan fingerprint density at radius 2 is 1.86 bits per heavy atom. The fourth-order valence-corrected chi connectivity index (χ4v) is 3.20. The topological polar surface area (TPSA) is 83.4 Å². The molecule has 0 aliphatic heterocycles. The Morgan fingerprint density at radius 3 is 2.59 bits per heavy atom. The first-order valence-corrected chi connectivity index (χ1v) is 9.94. The molecule has 0 unspecified atom stereocenters. The summed E-state index contributed by atoms with van der Waals surface area (Å²) < 4.78 is 5.80. The maximum Gasteiger partial charge on any atom is 0.291 e. The van der Waals surface area contributed by atoms with Gasteiger partial charge in [-0.15, -0.1) is 0 Å². The summed E-state index contributed by atoms with van der Waals surface area (Å²) in [4.78, 5) is 24.6. The van der Waals surface area contributed by atoms with Gasteiger partial charge >= 0.3 is 0 Å². The summed E-state index contributed by atoms with van der Waals surface area (Å²) in [6.45, 7) is 1.87. The highest BCUT2D eigenvalue weighted by atomic mass is 79.9. The molecule has 3 aromatic rings. The number of rotatable bonds is 4. The van der Waals surface area contributed by atoms with Crippen molar-refractivity contribution in [3.63, 3.8) is 0 Å². The molecular weight excluding hydrogens is 478 g/mol. The molecule has 0 spiro atoms. The molecule has 29 heavy (non-hydrogen) atoms. The smallest absolute Gasteiger partial charge is 0.291 e. The number of aryl methyl sites for hydroxylation is 1. The summed E-state index contributed by atoms with van der Waals surface area (Å²) in [7, 11) is 0. The van der Waals surface area contributed by atoms with Crippen LogP contribution in [0.1, 0.15) is 26.5 Å². The molecule has 0 radical (unpaired) electrons. The summed E-state index contributed by atoms with van der Waals surface area (Å²) >= 11 is 14.6. The molecule has 9 heteroatoms. The first-order valence-electron chi connectivity index (χ1n) is 8.36. The van der Waals surface area contributed by atoms with Crippen LogP contribution in [0.2, 0.25) is 5.02 Å². The van der Waals surface area contributed by atoms with Crippen LogP contribution in [0.15, 0.2) is 63.7 Å². The van der Waals surface area contributed by atoms with Crippen molar-refractivity contribution in [1.82, 2.24) is 5.32 Å². The van der Waals surface area contributed by atoms with E-state index >= 15 is 0 Å². The zero-order valence-electron chi connectivity index (χ0n) is 15.1. The first kappa shape index (κ1) is 21.0. The van der Waals surface area contributed by atoms with E-state index in [1.165, 1.54) is 6.26 Å². The highest BCUT2D eigenvalue weighted by Gasteiger charge is 2.14. The maximum absolute atomic E-state index is 12.4. The largest absolute Gasteiger partial charge is 0.459 e. The predicted octanol–water partition coefficient (Wildman–Crippen LogP) is 5.38. The van der Waals surface area contributed by atoms with Crippen LogP contribution in [0.4, 0.5) is 11.4 Å². The molecule has 148 valence electrons. The van der Waals surface area contributed by atoms with Crippen molar-refractivity contribution in [2.45, 2.75) is 6.92 Å². The minimum Gasteiger partial charge on any atom is -0.459 e. The van der Waals surface area contributed by atoms with E-state index in [1.807, 2.05) is 13.0 Å². The van der Waals surface area contributed by atoms with Crippen molar-refractivity contribution in [3.8, 4) is 0 Å². The van der Waals surface area contributed by atoms with Gasteiger partial charge in [-0.1, -0.05) is 33.6 Å². The number of amides is 2. The van der Waals surface area contributed by atoms with Crippen LogP contribution in [0.25, 0.3) is 0 Å². The monoisotopic (exact) mass is 491 g/mol. The molecule has 0 bridgehead atoms. The molecule has 6 nitrogen and oxygen atoms in total. The number of hydrogen-bond donors (Lipinski definition) is 3. The minimum atomic E-state index is -0.436. The van der Waals surface area contributed by atoms with Gasteiger partial charge in [0.2, 0.25) is 0 Å². The van der Waals surface area contributed by atoms with Crippen LogP contribution in [-0.4, -0.2) is 16.9 Å². The van der Waals surface area contributed by atoms with Crippen molar-refractivity contribution < 1.29 is 14.0 Å². The van der Waals surface area contributed by atoms with Crippen LogP contribution in [0, 0.1) is 6.92 Å². The van der Waals surface area contributed by atoms with E-state index in [-0.39, 0.29) is 16.8 Å². The molecule has 3 rings (SSSR count). The summed E-state index contributed by atoms with van der Waals surface area (Å²) in [5.41, 5.74) is 2.34. The second kappa shape index (κ2) is 9.21. The molecule has 0 saturated carbocycles. The summed E-state index contributed by atoms with van der Waals surface area (Å²) in [5, 5.41) is 8.71. The number of nitrogens with one attached hydrogen (secondary N) is 3. The highest BCUT2D eigenvalue weighted by molar-refractivity contribution is 9.10. The van der Waals surface area contributed by atoms with Crippen molar-refractivity contribution >= 4 is 68.1 Å². The molecule has 3 N–H and O–H groups in total. The number of benzene rings is 2. The highest BCUT2D eigenvalue weighted by Crippen LogP contribution is 2.22. The van der Waals surface area contributed by atoms with Gasteiger partial charge in [-0.05, 0) is 67.2 Å². The Balaban J connectivity index is 1.69. The van der Waals surface area contributed by atoms with Crippen LogP contribution in [-0.2, 0) is 0 Å². The van der Waals surface area contributed by atoms with Gasteiger partial charge in [0.25, 0.3) is 11.8 Å². The Labute approximate surface area is 185 Å². The van der Waals surface area contributed by atoms with Gasteiger partial charge < -0.3 is 15.1 Å². The molecule has 1 aromatic heterocycles. The lowest BCUT2D eigenvalue weighted by Gasteiger charge is -2.14. The normalized spacial score (nSPS) is 10.3. The summed E-state index contributed by atoms with van der Waals surface area (Å²) in [6, 6.07) is 13.4. The number of anilines is 2. The molecular formula is C20H15BrClN3O3S. The second-order valence-corrected chi connectivity index (χ2v) is 7.72. The number of carbonyl (C=O) groups excluding carboxylic acids is 2. The fourth-order valence-electron chi connectivity index (χ4n) is 2.43. The van der Waals surface area contributed by atoms with E-state index in [1.54, 1.807) is 42.5 Å². The third kappa shape index (κ3) is 5.44. The predicted molar refractivity (Wildman–Crippen MR) is 121 cm³/mol. The average Bonchev–Trinajstić information content (AvgIpc) is 3.21. The van der Waals surface area contributed by atoms with Gasteiger partial charge in [0.05, 0.1) is 16.8 Å². The number of hydrogen-bond acceptors (Lipinski definition) is 4. The van der Waals surface area contributed by atoms with E-state index in [0.29, 0.717) is 22.0 Å². The van der Waals surface area contributed by atoms with Crippen LogP contribution >= 0.6 is 39.7 Å². The molecule has 0 aliphatic rings. The lowest BCUT2D eigenvalue weighted by atomic mass is 10.1. The first-order chi connectivity index (χ1) is 13.8. The van der Waals surface area contributed by atoms with E-state index < -0.39 is 5.91 Å². The minimum absolute atomic E-state index is 0.101. The van der Waals surface area contributed by atoms with Gasteiger partial charge in [-0.25, -0.2) is 0 Å². The summed E-state index contributed by atoms with van der Waals surface area (Å²) in [5.74, 6) is -0.604. The molecule has 2 aromatic carbocycles. The molecule has 0 aliphatic carbocycles. The summed E-state index contributed by atoms with van der Waals surface area (Å²) in [6.07, 6.45) is 1.43. The molecule has 0 atom stereocenters. The molecule has 2 amide bonds. The van der Waals surface area contributed by atoms with Crippen molar-refractivity contribution in [2.24, 2.45) is 0 Å². The van der Waals surface area contributed by atoms with E-state index in [4.69, 9.17) is 28.2 Å². The SMILES string of the molecule is Cc1ccc(NC(=O)c2ccco2)cc1NC(=S)NC(=O)c1cc(Br)ccc1Cl. The molecule has 1 heterocycles. The number of carbonyl (C=O) groups is 2. The maximum atomic E-state index is 12.4. The van der Waals surface area contributed by atoms with Gasteiger partial charge in [-0.3, -0.25) is 14.9 Å². The molecule has 0 fully saturated rings. The van der Waals surface area contributed by atoms with Crippen molar-refractivity contribution in [1.29, 1.82) is 0 Å². The van der Waals surface area contributed by atoms with Gasteiger partial charge in [0, 0.05) is 15.8 Å². The third-order valence-electron chi connectivity index (χ3n) is 3.89. The van der Waals surface area contributed by atoms with Crippen molar-refractivity contribution in [2.75, 3.05) is 10.6 Å². The Kier molecular flexibility index (Phi) is 6.68. The lowest BCUT2D eigenvalue weighted by Crippen LogP contribution is -2.34. The standard InChI is InChI=1S/C20H15BrClN3O3S/c1-11-4-6-13(23-19(27)17-3-2-8-28-17)10-16(11)24-20(29)25-18(26)14-9-12(21)5-7-15(14)22/h2-10H,1H3,(H,23,27)(H2,24,25,26,29). The van der Waals surface area contributed by atoms with E-state index in [2.05, 4.69) is 31.9 Å². The van der Waals surface area contributed by atoms with Crippen molar-refractivity contribution in [3.05, 3.63) is 81.2 Å². The number of halogens is 2. The van der Waals surface area contributed by atoms with Gasteiger partial charge in [0.1, 0.15) is 0 Å². The average molecular weight is 493 g/mol. The lowest BCUT2D eigenvalue weighted by molar-refractivity contribution is 0.0975. The fraction of sp³-hybridized carbons (Fsp3) is 0.0500. The Morgan fingerprint density at radius 1 is 1.07 bits per heavy atom. The van der Waals surface area contributed by atoms with E-state index in [0.717, 1.165) is 10.0 Å². The quantitative estimate of drug-likeness (QED) is 0.426. The molecule has 0 saturated heterocycles. The second-order valence-electron chi connectivity index (χ2n) is 5.99. The number of furan rings is 1. The zero-order valence-corrected chi connectivity index (χ0v) is 18.2. The van der Waals surface area contributed by atoms with Crippen LogP contribution < -0.4 is 16.0 Å². The van der Waals surface area contributed by atoms with E-state index in [9.17, 15) is 9.59 Å². The zero-order chi connectivity index (χ0) is 21.0. The number of thiocarbonyl (C=S) groups is 1.